The Kier molecular flexibility index (Phi) is 6.37. The number of likely N-dealkylation sites (tertiary alicyclic amines) is 1. The molecule has 0 spiro atoms. The fraction of sp³-hybridized carbons (Fsp3) is 0.381. The van der Waals surface area contributed by atoms with E-state index in [9.17, 15) is 9.18 Å². The Bertz CT molecular complexity index is 842. The Morgan fingerprint density at radius 2 is 1.93 bits per heavy atom. The summed E-state index contributed by atoms with van der Waals surface area (Å²) in [6.07, 6.45) is -0.524. The number of methoxy groups -OCH3 is 1. The number of carbonyl (C=O) groups excluding carboxylic acids is 1. The van der Waals surface area contributed by atoms with Crippen molar-refractivity contribution in [3.63, 3.8) is 0 Å². The first-order valence-electron chi connectivity index (χ1n) is 8.83. The molecule has 1 saturated heterocycles. The standard InChI is InChI=1S/C21H23FINO3/c1-13-4-5-14(2)17(8-13)21(25)24-11-19(26-3)20(12-24)27-16-6-7-18(22)15(9-16)10-23/h4-9,19-20H,10-12H2,1-3H3/t19-,20-/m1/s1. The van der Waals surface area contributed by atoms with Crippen LogP contribution in [-0.4, -0.2) is 43.2 Å². The molecule has 1 amide bonds. The average molecular weight is 483 g/mol. The first-order valence-corrected chi connectivity index (χ1v) is 10.4. The molecule has 1 heterocycles. The Labute approximate surface area is 172 Å². The monoisotopic (exact) mass is 483 g/mol. The maximum atomic E-state index is 13.7. The van der Waals surface area contributed by atoms with Crippen molar-refractivity contribution in [2.24, 2.45) is 0 Å². The zero-order valence-corrected chi connectivity index (χ0v) is 17.8. The van der Waals surface area contributed by atoms with Crippen LogP contribution in [0.4, 0.5) is 4.39 Å². The van der Waals surface area contributed by atoms with Crippen molar-refractivity contribution in [1.82, 2.24) is 4.90 Å². The molecule has 1 fully saturated rings. The van der Waals surface area contributed by atoms with Crippen LogP contribution in [0, 0.1) is 19.7 Å². The SMILES string of the molecule is CO[C@@H]1CN(C(=O)c2cc(C)ccc2C)C[C@H]1Oc1ccc(F)c(CI)c1. The number of rotatable bonds is 5. The fourth-order valence-electron chi connectivity index (χ4n) is 3.29. The van der Waals surface area contributed by atoms with E-state index in [0.29, 0.717) is 34.4 Å². The average Bonchev–Trinajstić information content (AvgIpc) is 3.07. The third-order valence-electron chi connectivity index (χ3n) is 4.88. The zero-order valence-electron chi connectivity index (χ0n) is 15.7. The van der Waals surface area contributed by atoms with Crippen LogP contribution in [0.5, 0.6) is 5.75 Å². The molecule has 27 heavy (non-hydrogen) atoms. The lowest BCUT2D eigenvalue weighted by molar-refractivity contribution is 0.0339. The van der Waals surface area contributed by atoms with Gasteiger partial charge in [0.05, 0.1) is 13.1 Å². The smallest absolute Gasteiger partial charge is 0.254 e. The van der Waals surface area contributed by atoms with Gasteiger partial charge in [0, 0.05) is 22.7 Å². The molecule has 4 nitrogen and oxygen atoms in total. The van der Waals surface area contributed by atoms with Crippen LogP contribution in [-0.2, 0) is 9.16 Å². The van der Waals surface area contributed by atoms with Gasteiger partial charge in [-0.2, -0.15) is 0 Å². The molecule has 2 atom stereocenters. The predicted molar refractivity (Wildman–Crippen MR) is 111 cm³/mol. The fourth-order valence-corrected chi connectivity index (χ4v) is 3.87. The highest BCUT2D eigenvalue weighted by molar-refractivity contribution is 14.1. The summed E-state index contributed by atoms with van der Waals surface area (Å²) in [7, 11) is 1.62. The van der Waals surface area contributed by atoms with Gasteiger partial charge in [0.2, 0.25) is 0 Å². The second kappa shape index (κ2) is 8.56. The summed E-state index contributed by atoms with van der Waals surface area (Å²) < 4.78 is 25.9. The minimum atomic E-state index is -0.295. The van der Waals surface area contributed by atoms with Crippen LogP contribution in [0.2, 0.25) is 0 Å². The number of hydrogen-bond donors (Lipinski definition) is 0. The Hall–Kier alpha value is -1.67. The van der Waals surface area contributed by atoms with Crippen molar-refractivity contribution in [2.45, 2.75) is 30.5 Å². The van der Waals surface area contributed by atoms with E-state index in [1.807, 2.05) is 32.0 Å². The zero-order chi connectivity index (χ0) is 19.6. The highest BCUT2D eigenvalue weighted by Crippen LogP contribution is 2.25. The number of hydrogen-bond acceptors (Lipinski definition) is 3. The molecule has 0 bridgehead atoms. The lowest BCUT2D eigenvalue weighted by Gasteiger charge is -2.19. The molecule has 0 aliphatic carbocycles. The number of ether oxygens (including phenoxy) is 2. The van der Waals surface area contributed by atoms with Gasteiger partial charge in [-0.1, -0.05) is 40.3 Å². The largest absolute Gasteiger partial charge is 0.486 e. The van der Waals surface area contributed by atoms with Crippen molar-refractivity contribution in [2.75, 3.05) is 20.2 Å². The number of nitrogens with zero attached hydrogens (tertiary/aromatic N) is 1. The number of halogens is 2. The molecule has 6 heteroatoms. The van der Waals surface area contributed by atoms with Gasteiger partial charge in [-0.05, 0) is 43.7 Å². The summed E-state index contributed by atoms with van der Waals surface area (Å²) in [5.74, 6) is 0.339. The lowest BCUT2D eigenvalue weighted by Crippen LogP contribution is -2.32. The molecule has 2 aromatic carbocycles. The molecule has 144 valence electrons. The third-order valence-corrected chi connectivity index (χ3v) is 5.70. The Morgan fingerprint density at radius 1 is 1.19 bits per heavy atom. The van der Waals surface area contributed by atoms with Gasteiger partial charge in [-0.15, -0.1) is 0 Å². The maximum absolute atomic E-state index is 13.7. The summed E-state index contributed by atoms with van der Waals surface area (Å²) >= 11 is 2.12. The van der Waals surface area contributed by atoms with Crippen LogP contribution in [0.1, 0.15) is 27.0 Å². The van der Waals surface area contributed by atoms with E-state index in [2.05, 4.69) is 22.6 Å². The Morgan fingerprint density at radius 3 is 2.63 bits per heavy atom. The van der Waals surface area contributed by atoms with Crippen molar-refractivity contribution in [3.8, 4) is 5.75 Å². The van der Waals surface area contributed by atoms with E-state index >= 15 is 0 Å². The van der Waals surface area contributed by atoms with Crippen LogP contribution < -0.4 is 4.74 Å². The minimum Gasteiger partial charge on any atom is -0.486 e. The number of amides is 1. The molecule has 0 unspecified atom stereocenters. The number of carbonyl (C=O) groups is 1. The molecule has 0 N–H and O–H groups in total. The van der Waals surface area contributed by atoms with Crippen molar-refractivity contribution < 1.29 is 18.7 Å². The molecule has 2 aromatic rings. The van der Waals surface area contributed by atoms with E-state index in [4.69, 9.17) is 9.47 Å². The van der Waals surface area contributed by atoms with E-state index in [0.717, 1.165) is 11.1 Å². The normalized spacial score (nSPS) is 19.4. The van der Waals surface area contributed by atoms with Crippen LogP contribution in [0.25, 0.3) is 0 Å². The molecule has 0 aromatic heterocycles. The van der Waals surface area contributed by atoms with Crippen LogP contribution >= 0.6 is 22.6 Å². The predicted octanol–water partition coefficient (Wildman–Crippen LogP) is 4.30. The van der Waals surface area contributed by atoms with Gasteiger partial charge in [0.15, 0.2) is 0 Å². The van der Waals surface area contributed by atoms with Gasteiger partial charge in [-0.25, -0.2) is 4.39 Å². The topological polar surface area (TPSA) is 38.8 Å². The Balaban J connectivity index is 1.77. The maximum Gasteiger partial charge on any atom is 0.254 e. The quantitative estimate of drug-likeness (QED) is 0.471. The van der Waals surface area contributed by atoms with Gasteiger partial charge < -0.3 is 14.4 Å². The molecular weight excluding hydrogens is 460 g/mol. The number of aryl methyl sites for hydroxylation is 2. The second-order valence-electron chi connectivity index (χ2n) is 6.85. The van der Waals surface area contributed by atoms with Gasteiger partial charge in [0.1, 0.15) is 23.8 Å². The summed E-state index contributed by atoms with van der Waals surface area (Å²) in [6.45, 7) is 4.81. The molecule has 3 rings (SSSR count). The molecule has 0 radical (unpaired) electrons. The van der Waals surface area contributed by atoms with E-state index in [1.165, 1.54) is 6.07 Å². The van der Waals surface area contributed by atoms with Gasteiger partial charge in [0.25, 0.3) is 5.91 Å². The van der Waals surface area contributed by atoms with E-state index in [1.54, 1.807) is 24.1 Å². The first kappa shape index (κ1) is 20.1. The summed E-state index contributed by atoms with van der Waals surface area (Å²) in [5.41, 5.74) is 3.31. The third kappa shape index (κ3) is 4.43. The summed E-state index contributed by atoms with van der Waals surface area (Å²) in [5, 5.41) is 0. The van der Waals surface area contributed by atoms with Gasteiger partial charge >= 0.3 is 0 Å². The molecular formula is C21H23FINO3. The van der Waals surface area contributed by atoms with Crippen molar-refractivity contribution in [1.29, 1.82) is 0 Å². The highest BCUT2D eigenvalue weighted by Gasteiger charge is 2.37. The summed E-state index contributed by atoms with van der Waals surface area (Å²) in [6, 6.07) is 10.6. The number of benzene rings is 2. The van der Waals surface area contributed by atoms with E-state index < -0.39 is 0 Å². The van der Waals surface area contributed by atoms with Crippen molar-refractivity contribution >= 4 is 28.5 Å². The minimum absolute atomic E-state index is 0.0172. The van der Waals surface area contributed by atoms with Crippen molar-refractivity contribution in [3.05, 3.63) is 64.5 Å². The molecule has 1 aliphatic rings. The highest BCUT2D eigenvalue weighted by atomic mass is 127. The van der Waals surface area contributed by atoms with E-state index in [-0.39, 0.29) is 23.9 Å². The van der Waals surface area contributed by atoms with Crippen LogP contribution in [0.15, 0.2) is 36.4 Å². The molecule has 1 aliphatic heterocycles. The lowest BCUT2D eigenvalue weighted by atomic mass is 10.0. The summed E-state index contributed by atoms with van der Waals surface area (Å²) in [4.78, 5) is 14.8. The molecule has 0 saturated carbocycles. The first-order chi connectivity index (χ1) is 12.9. The second-order valence-corrected chi connectivity index (χ2v) is 7.61. The number of alkyl halides is 1. The van der Waals surface area contributed by atoms with Crippen LogP contribution in [0.3, 0.4) is 0 Å². The van der Waals surface area contributed by atoms with Gasteiger partial charge in [-0.3, -0.25) is 4.79 Å².